The summed E-state index contributed by atoms with van der Waals surface area (Å²) in [6.07, 6.45) is 1.10. The van der Waals surface area contributed by atoms with Gasteiger partial charge in [0.15, 0.2) is 0 Å². The number of rotatable bonds is 5. The topological polar surface area (TPSA) is 23.5 Å². The molecule has 0 aromatic heterocycles. The van der Waals surface area contributed by atoms with E-state index in [0.717, 1.165) is 13.0 Å². The summed E-state index contributed by atoms with van der Waals surface area (Å²) in [6.45, 7) is 10.7. The highest BCUT2D eigenvalue weighted by molar-refractivity contribution is 5.48. The second-order valence-corrected chi connectivity index (χ2v) is 5.51. The molecule has 0 amide bonds. The second-order valence-electron chi connectivity index (χ2n) is 5.51. The zero-order valence-corrected chi connectivity index (χ0v) is 11.5. The molecule has 0 aliphatic rings. The van der Waals surface area contributed by atoms with Crippen molar-refractivity contribution in [3.8, 4) is 0 Å². The molecule has 17 heavy (non-hydrogen) atoms. The molecule has 0 bridgehead atoms. The summed E-state index contributed by atoms with van der Waals surface area (Å²) in [4.78, 5) is 2.23. The molecule has 0 aliphatic heterocycles. The Kier molecular flexibility index (Phi) is 5.01. The van der Waals surface area contributed by atoms with Crippen LogP contribution in [0.3, 0.4) is 0 Å². The van der Waals surface area contributed by atoms with E-state index < -0.39 is 0 Å². The molecule has 1 N–H and O–H groups in total. The molecule has 0 saturated carbocycles. The minimum absolute atomic E-state index is 0.199. The van der Waals surface area contributed by atoms with E-state index in [9.17, 15) is 0 Å². The van der Waals surface area contributed by atoms with Crippen LogP contribution in [0.1, 0.15) is 39.7 Å². The molecule has 0 heterocycles. The van der Waals surface area contributed by atoms with Crippen molar-refractivity contribution in [2.24, 2.45) is 0 Å². The van der Waals surface area contributed by atoms with E-state index in [-0.39, 0.29) is 12.0 Å². The summed E-state index contributed by atoms with van der Waals surface area (Å²) in [5, 5.41) is 9.07. The number of nitrogens with zero attached hydrogens (tertiary/aromatic N) is 1. The van der Waals surface area contributed by atoms with Crippen molar-refractivity contribution in [3.63, 3.8) is 0 Å². The summed E-state index contributed by atoms with van der Waals surface area (Å²) in [6, 6.07) is 8.70. The number of anilines is 1. The molecule has 0 radical (unpaired) electrons. The van der Waals surface area contributed by atoms with Gasteiger partial charge in [0.25, 0.3) is 0 Å². The lowest BCUT2D eigenvalue weighted by Crippen LogP contribution is -2.27. The summed E-state index contributed by atoms with van der Waals surface area (Å²) in [5.41, 5.74) is 2.75. The van der Waals surface area contributed by atoms with Crippen LogP contribution >= 0.6 is 0 Å². The van der Waals surface area contributed by atoms with Crippen molar-refractivity contribution < 1.29 is 5.11 Å². The average molecular weight is 235 g/mol. The van der Waals surface area contributed by atoms with Gasteiger partial charge in [-0.3, -0.25) is 0 Å². The minimum Gasteiger partial charge on any atom is -0.395 e. The van der Waals surface area contributed by atoms with Gasteiger partial charge in [0.05, 0.1) is 6.61 Å². The van der Waals surface area contributed by atoms with Gasteiger partial charge in [0, 0.05) is 18.8 Å². The van der Waals surface area contributed by atoms with Crippen LogP contribution in [0.15, 0.2) is 24.3 Å². The summed E-state index contributed by atoms with van der Waals surface area (Å²) in [5.74, 6) is 0. The molecule has 96 valence electrons. The molecule has 1 aromatic carbocycles. The van der Waals surface area contributed by atoms with E-state index in [1.54, 1.807) is 0 Å². The highest BCUT2D eigenvalue weighted by atomic mass is 16.3. The summed E-state index contributed by atoms with van der Waals surface area (Å²) >= 11 is 0. The highest BCUT2D eigenvalue weighted by Gasteiger charge is 2.13. The zero-order chi connectivity index (χ0) is 12.9. The highest BCUT2D eigenvalue weighted by Crippen LogP contribution is 2.24. The maximum atomic E-state index is 9.07. The quantitative estimate of drug-likeness (QED) is 0.847. The van der Waals surface area contributed by atoms with Gasteiger partial charge >= 0.3 is 0 Å². The first-order chi connectivity index (χ1) is 7.99. The van der Waals surface area contributed by atoms with Crippen molar-refractivity contribution in [3.05, 3.63) is 29.8 Å². The first-order valence-corrected chi connectivity index (χ1v) is 6.45. The fraction of sp³-hybridized carbons (Fsp3) is 0.600. The molecule has 0 saturated heterocycles. The van der Waals surface area contributed by atoms with E-state index >= 15 is 0 Å². The Morgan fingerprint density at radius 2 is 1.65 bits per heavy atom. The predicted molar refractivity (Wildman–Crippen MR) is 74.7 cm³/mol. The van der Waals surface area contributed by atoms with Crippen LogP contribution in [-0.2, 0) is 5.41 Å². The summed E-state index contributed by atoms with van der Waals surface area (Å²) < 4.78 is 0. The van der Waals surface area contributed by atoms with Gasteiger partial charge < -0.3 is 10.0 Å². The normalized spacial score (nSPS) is 11.6. The molecule has 0 atom stereocenters. The van der Waals surface area contributed by atoms with Crippen LogP contribution in [0, 0.1) is 0 Å². The molecular formula is C15H25NO. The number of hydrogen-bond donors (Lipinski definition) is 1. The van der Waals surface area contributed by atoms with Gasteiger partial charge in [-0.2, -0.15) is 0 Å². The molecule has 0 unspecified atom stereocenters. The Morgan fingerprint density at radius 1 is 1.06 bits per heavy atom. The predicted octanol–water partition coefficient (Wildman–Crippen LogP) is 3.19. The van der Waals surface area contributed by atoms with Gasteiger partial charge in [0.1, 0.15) is 0 Å². The number of aliphatic hydroxyl groups excluding tert-OH is 1. The molecule has 1 rings (SSSR count). The minimum atomic E-state index is 0.199. The lowest BCUT2D eigenvalue weighted by Gasteiger charge is -2.25. The molecular weight excluding hydrogens is 210 g/mol. The standard InChI is InChI=1S/C15H25NO/c1-5-10-16(11-12-17)14-8-6-13(7-9-14)15(2,3)4/h6-9,17H,5,10-12H2,1-4H3. The maximum absolute atomic E-state index is 9.07. The zero-order valence-electron chi connectivity index (χ0n) is 11.5. The fourth-order valence-electron chi connectivity index (χ4n) is 1.93. The molecule has 0 spiro atoms. The van der Waals surface area contributed by atoms with Crippen LogP contribution in [0.4, 0.5) is 5.69 Å². The Labute approximate surface area is 105 Å². The number of hydrogen-bond acceptors (Lipinski definition) is 2. The summed E-state index contributed by atoms with van der Waals surface area (Å²) in [7, 11) is 0. The smallest absolute Gasteiger partial charge is 0.0606 e. The van der Waals surface area contributed by atoms with Crippen molar-refractivity contribution in [1.82, 2.24) is 0 Å². The third-order valence-electron chi connectivity index (χ3n) is 2.96. The largest absolute Gasteiger partial charge is 0.395 e. The van der Waals surface area contributed by atoms with Gasteiger partial charge in [0.2, 0.25) is 0 Å². The average Bonchev–Trinajstić information content (AvgIpc) is 2.28. The Balaban J connectivity index is 2.84. The van der Waals surface area contributed by atoms with Crippen LogP contribution in [0.2, 0.25) is 0 Å². The van der Waals surface area contributed by atoms with E-state index in [2.05, 4.69) is 56.9 Å². The van der Waals surface area contributed by atoms with E-state index in [0.29, 0.717) is 6.54 Å². The lowest BCUT2D eigenvalue weighted by molar-refractivity contribution is 0.302. The van der Waals surface area contributed by atoms with Crippen LogP contribution in [0.25, 0.3) is 0 Å². The Hall–Kier alpha value is -1.02. The van der Waals surface area contributed by atoms with Crippen molar-refractivity contribution in [2.75, 3.05) is 24.6 Å². The van der Waals surface area contributed by atoms with Crippen LogP contribution in [0.5, 0.6) is 0 Å². The van der Waals surface area contributed by atoms with Crippen molar-refractivity contribution >= 4 is 5.69 Å². The van der Waals surface area contributed by atoms with Gasteiger partial charge in [-0.1, -0.05) is 39.8 Å². The number of benzene rings is 1. The SMILES string of the molecule is CCCN(CCO)c1ccc(C(C)(C)C)cc1. The molecule has 0 fully saturated rings. The van der Waals surface area contributed by atoms with E-state index in [1.165, 1.54) is 11.3 Å². The maximum Gasteiger partial charge on any atom is 0.0606 e. The fourth-order valence-corrected chi connectivity index (χ4v) is 1.93. The third kappa shape index (κ3) is 4.04. The molecule has 2 heteroatoms. The Morgan fingerprint density at radius 3 is 2.06 bits per heavy atom. The van der Waals surface area contributed by atoms with Gasteiger partial charge in [-0.15, -0.1) is 0 Å². The molecule has 0 aliphatic carbocycles. The van der Waals surface area contributed by atoms with Crippen LogP contribution < -0.4 is 4.90 Å². The Bertz CT molecular complexity index is 318. The van der Waals surface area contributed by atoms with E-state index in [1.807, 2.05) is 0 Å². The van der Waals surface area contributed by atoms with E-state index in [4.69, 9.17) is 5.11 Å². The van der Waals surface area contributed by atoms with Crippen molar-refractivity contribution in [1.29, 1.82) is 0 Å². The monoisotopic (exact) mass is 235 g/mol. The lowest BCUT2D eigenvalue weighted by atomic mass is 9.87. The first kappa shape index (κ1) is 14.0. The number of aliphatic hydroxyl groups is 1. The molecule has 1 aromatic rings. The van der Waals surface area contributed by atoms with Crippen molar-refractivity contribution in [2.45, 2.75) is 39.5 Å². The second kappa shape index (κ2) is 6.06. The van der Waals surface area contributed by atoms with Gasteiger partial charge in [-0.05, 0) is 29.5 Å². The molecule has 2 nitrogen and oxygen atoms in total. The van der Waals surface area contributed by atoms with Crippen LogP contribution in [-0.4, -0.2) is 24.8 Å². The third-order valence-corrected chi connectivity index (χ3v) is 2.96. The first-order valence-electron chi connectivity index (χ1n) is 6.45. The van der Waals surface area contributed by atoms with Gasteiger partial charge in [-0.25, -0.2) is 0 Å².